The minimum atomic E-state index is -0.440. The highest BCUT2D eigenvalue weighted by Gasteiger charge is 2.29. The van der Waals surface area contributed by atoms with Gasteiger partial charge in [0.05, 0.1) is 11.2 Å². The molecular weight excluding hydrogens is 352 g/mol. The molecule has 0 bridgehead atoms. The first-order chi connectivity index (χ1) is 12.7. The molecule has 0 radical (unpaired) electrons. The fourth-order valence-corrected chi connectivity index (χ4v) is 2.87. The van der Waals surface area contributed by atoms with Crippen molar-refractivity contribution in [3.63, 3.8) is 0 Å². The van der Waals surface area contributed by atoms with E-state index in [1.54, 1.807) is 0 Å². The fraction of sp³-hybridized carbons (Fsp3) is 0.957. The molecule has 0 saturated heterocycles. The fourth-order valence-electron chi connectivity index (χ4n) is 2.87. The molecular formula is C23H48N2O3. The van der Waals surface area contributed by atoms with E-state index in [-0.39, 0.29) is 22.6 Å². The van der Waals surface area contributed by atoms with Crippen LogP contribution in [-0.4, -0.2) is 49.5 Å². The molecule has 0 aromatic rings. The van der Waals surface area contributed by atoms with Crippen LogP contribution in [0.4, 0.5) is 0 Å². The zero-order valence-corrected chi connectivity index (χ0v) is 20.4. The van der Waals surface area contributed by atoms with Gasteiger partial charge in [-0.15, -0.1) is 0 Å². The Balaban J connectivity index is 4.25. The first-order valence-electron chi connectivity index (χ1n) is 10.9. The van der Waals surface area contributed by atoms with Crippen molar-refractivity contribution < 1.29 is 14.3 Å². The summed E-state index contributed by atoms with van der Waals surface area (Å²) in [5.41, 5.74) is -0.745. The lowest BCUT2D eigenvalue weighted by atomic mass is 9.88. The van der Waals surface area contributed by atoms with Crippen LogP contribution in [0.25, 0.3) is 0 Å². The zero-order chi connectivity index (χ0) is 22.1. The SMILES string of the molecule is CCCC(C)(C)OCCC(C)(C)C(=O)NCCC(C)(C)OCCC(C)(C)NC. The Labute approximate surface area is 174 Å². The normalized spacial score (nSPS) is 13.6. The maximum atomic E-state index is 12.6. The van der Waals surface area contributed by atoms with Crippen molar-refractivity contribution in [2.45, 2.75) is 111 Å². The lowest BCUT2D eigenvalue weighted by molar-refractivity contribution is -0.131. The smallest absolute Gasteiger partial charge is 0.225 e. The van der Waals surface area contributed by atoms with Gasteiger partial charge in [0, 0.05) is 30.7 Å². The van der Waals surface area contributed by atoms with Gasteiger partial charge in [-0.05, 0) is 74.3 Å². The summed E-state index contributed by atoms with van der Waals surface area (Å²) in [4.78, 5) is 12.6. The van der Waals surface area contributed by atoms with Crippen molar-refractivity contribution >= 4 is 5.91 Å². The van der Waals surface area contributed by atoms with Crippen LogP contribution in [0.3, 0.4) is 0 Å². The molecule has 0 spiro atoms. The highest BCUT2D eigenvalue weighted by Crippen LogP contribution is 2.24. The monoisotopic (exact) mass is 400 g/mol. The van der Waals surface area contributed by atoms with E-state index in [9.17, 15) is 4.79 Å². The molecule has 0 aliphatic heterocycles. The molecule has 0 saturated carbocycles. The number of hydrogen-bond acceptors (Lipinski definition) is 4. The quantitative estimate of drug-likeness (QED) is 0.419. The first-order valence-corrected chi connectivity index (χ1v) is 10.9. The maximum absolute atomic E-state index is 12.6. The Morgan fingerprint density at radius 2 is 1.29 bits per heavy atom. The third kappa shape index (κ3) is 12.0. The average molecular weight is 401 g/mol. The van der Waals surface area contributed by atoms with Gasteiger partial charge in [-0.2, -0.15) is 0 Å². The first kappa shape index (κ1) is 27.4. The summed E-state index contributed by atoms with van der Waals surface area (Å²) in [6, 6.07) is 0. The van der Waals surface area contributed by atoms with Gasteiger partial charge in [0.2, 0.25) is 5.91 Å². The van der Waals surface area contributed by atoms with E-state index in [1.807, 2.05) is 20.9 Å². The standard InChI is InChI=1S/C23H48N2O3/c1-11-12-22(6,7)27-17-14-20(2,3)19(26)25-16-13-23(8,9)28-18-15-21(4,5)24-10/h24H,11-18H2,1-10H3,(H,25,26). The minimum absolute atomic E-state index is 0.0715. The van der Waals surface area contributed by atoms with Crippen molar-refractivity contribution in [2.24, 2.45) is 5.41 Å². The number of carbonyl (C=O) groups excluding carboxylic acids is 1. The highest BCUT2D eigenvalue weighted by atomic mass is 16.5. The summed E-state index contributed by atoms with van der Waals surface area (Å²) < 4.78 is 12.0. The van der Waals surface area contributed by atoms with Gasteiger partial charge < -0.3 is 20.1 Å². The van der Waals surface area contributed by atoms with E-state index in [0.717, 1.165) is 25.7 Å². The summed E-state index contributed by atoms with van der Waals surface area (Å²) in [5.74, 6) is 0.0801. The molecule has 0 fully saturated rings. The van der Waals surface area contributed by atoms with E-state index in [2.05, 4.69) is 59.1 Å². The third-order valence-corrected chi connectivity index (χ3v) is 5.60. The molecule has 0 atom stereocenters. The molecule has 1 amide bonds. The van der Waals surface area contributed by atoms with Gasteiger partial charge in [-0.1, -0.05) is 27.2 Å². The molecule has 0 unspecified atom stereocenters. The molecule has 28 heavy (non-hydrogen) atoms. The second-order valence-electron chi connectivity index (χ2n) is 10.5. The van der Waals surface area contributed by atoms with E-state index in [1.165, 1.54) is 0 Å². The lowest BCUT2D eigenvalue weighted by Crippen LogP contribution is -2.41. The van der Waals surface area contributed by atoms with Gasteiger partial charge in [-0.25, -0.2) is 0 Å². The second-order valence-corrected chi connectivity index (χ2v) is 10.5. The van der Waals surface area contributed by atoms with Crippen molar-refractivity contribution in [1.82, 2.24) is 10.6 Å². The topological polar surface area (TPSA) is 59.6 Å². The van der Waals surface area contributed by atoms with Crippen LogP contribution < -0.4 is 10.6 Å². The van der Waals surface area contributed by atoms with Crippen LogP contribution in [0.15, 0.2) is 0 Å². The lowest BCUT2D eigenvalue weighted by Gasteiger charge is -2.31. The number of hydrogen-bond donors (Lipinski definition) is 2. The maximum Gasteiger partial charge on any atom is 0.225 e. The summed E-state index contributed by atoms with van der Waals surface area (Å²) >= 11 is 0. The van der Waals surface area contributed by atoms with Gasteiger partial charge in [0.25, 0.3) is 0 Å². The second kappa shape index (κ2) is 11.5. The molecule has 0 aromatic carbocycles. The molecule has 0 rings (SSSR count). The summed E-state index contributed by atoms with van der Waals surface area (Å²) in [7, 11) is 1.97. The zero-order valence-electron chi connectivity index (χ0n) is 20.4. The molecule has 0 heterocycles. The Bertz CT molecular complexity index is 457. The molecule has 0 aromatic heterocycles. The van der Waals surface area contributed by atoms with Crippen molar-refractivity contribution in [2.75, 3.05) is 26.8 Å². The van der Waals surface area contributed by atoms with Crippen molar-refractivity contribution in [1.29, 1.82) is 0 Å². The third-order valence-electron chi connectivity index (χ3n) is 5.60. The number of ether oxygens (including phenoxy) is 2. The Morgan fingerprint density at radius 3 is 1.79 bits per heavy atom. The molecule has 0 aliphatic rings. The molecule has 2 N–H and O–H groups in total. The van der Waals surface area contributed by atoms with Gasteiger partial charge in [0.15, 0.2) is 0 Å². The summed E-state index contributed by atoms with van der Waals surface area (Å²) in [6.45, 7) is 20.8. The van der Waals surface area contributed by atoms with Crippen LogP contribution in [0.5, 0.6) is 0 Å². The molecule has 168 valence electrons. The molecule has 0 aliphatic carbocycles. The average Bonchev–Trinajstić information content (AvgIpc) is 2.53. The number of rotatable bonds is 15. The number of amides is 1. The van der Waals surface area contributed by atoms with Crippen LogP contribution in [0, 0.1) is 5.41 Å². The predicted octanol–water partition coefficient (Wildman–Crippen LogP) is 4.69. The van der Waals surface area contributed by atoms with E-state index in [0.29, 0.717) is 26.2 Å². The van der Waals surface area contributed by atoms with E-state index in [4.69, 9.17) is 9.47 Å². The van der Waals surface area contributed by atoms with Gasteiger partial charge >= 0.3 is 0 Å². The molecule has 5 heteroatoms. The van der Waals surface area contributed by atoms with Crippen molar-refractivity contribution in [3.8, 4) is 0 Å². The Morgan fingerprint density at radius 1 is 0.786 bits per heavy atom. The Hall–Kier alpha value is -0.650. The van der Waals surface area contributed by atoms with E-state index < -0.39 is 5.41 Å². The minimum Gasteiger partial charge on any atom is -0.376 e. The summed E-state index contributed by atoms with van der Waals surface area (Å²) in [5, 5.41) is 6.37. The summed E-state index contributed by atoms with van der Waals surface area (Å²) in [6.07, 6.45) is 4.57. The Kier molecular flexibility index (Phi) is 11.2. The van der Waals surface area contributed by atoms with Crippen LogP contribution in [0.1, 0.15) is 94.4 Å². The highest BCUT2D eigenvalue weighted by molar-refractivity contribution is 5.81. The van der Waals surface area contributed by atoms with Gasteiger partial charge in [-0.3, -0.25) is 4.79 Å². The molecule has 5 nitrogen and oxygen atoms in total. The number of nitrogens with one attached hydrogen (secondary N) is 2. The predicted molar refractivity (Wildman–Crippen MR) is 119 cm³/mol. The van der Waals surface area contributed by atoms with Crippen LogP contribution in [-0.2, 0) is 14.3 Å². The van der Waals surface area contributed by atoms with Crippen molar-refractivity contribution in [3.05, 3.63) is 0 Å². The largest absolute Gasteiger partial charge is 0.376 e. The van der Waals surface area contributed by atoms with Crippen LogP contribution in [0.2, 0.25) is 0 Å². The van der Waals surface area contributed by atoms with E-state index >= 15 is 0 Å². The number of carbonyl (C=O) groups is 1. The van der Waals surface area contributed by atoms with Crippen LogP contribution >= 0.6 is 0 Å². The van der Waals surface area contributed by atoms with Gasteiger partial charge in [0.1, 0.15) is 0 Å².